The summed E-state index contributed by atoms with van der Waals surface area (Å²) in [5.41, 5.74) is 5.17. The first-order valence-electron chi connectivity index (χ1n) is 5.83. The lowest BCUT2D eigenvalue weighted by Crippen LogP contribution is -2.49. The van der Waals surface area contributed by atoms with Gasteiger partial charge in [0, 0.05) is 12.1 Å². The fourth-order valence-corrected chi connectivity index (χ4v) is 1.71. The summed E-state index contributed by atoms with van der Waals surface area (Å²) in [6.45, 7) is 4.53. The maximum Gasteiger partial charge on any atom is 0.223 e. The Balaban J connectivity index is 0.00000324. The van der Waals surface area contributed by atoms with Gasteiger partial charge in [-0.05, 0) is 41.9 Å². The largest absolute Gasteiger partial charge is 0.492 e. The van der Waals surface area contributed by atoms with Crippen LogP contribution in [-0.4, -0.2) is 24.6 Å². The van der Waals surface area contributed by atoms with Crippen LogP contribution in [0.1, 0.15) is 20.3 Å². The van der Waals surface area contributed by atoms with Gasteiger partial charge >= 0.3 is 0 Å². The first-order chi connectivity index (χ1) is 8.44. The SMILES string of the molecule is CC(C)(CN)NC(=O)CCOc1ccccc1Br.Cl. The minimum atomic E-state index is -0.371. The van der Waals surface area contributed by atoms with Crippen molar-refractivity contribution in [3.63, 3.8) is 0 Å². The summed E-state index contributed by atoms with van der Waals surface area (Å²) < 4.78 is 6.40. The molecule has 1 aromatic carbocycles. The number of para-hydroxylation sites is 1. The summed E-state index contributed by atoms with van der Waals surface area (Å²) >= 11 is 3.38. The van der Waals surface area contributed by atoms with Gasteiger partial charge in [-0.15, -0.1) is 12.4 Å². The van der Waals surface area contributed by atoms with E-state index in [0.717, 1.165) is 10.2 Å². The Morgan fingerprint density at radius 2 is 2.05 bits per heavy atom. The molecule has 0 atom stereocenters. The van der Waals surface area contributed by atoms with Crippen LogP contribution in [0.2, 0.25) is 0 Å². The van der Waals surface area contributed by atoms with Crippen molar-refractivity contribution in [3.05, 3.63) is 28.7 Å². The molecule has 0 saturated carbocycles. The molecule has 0 radical (unpaired) electrons. The molecule has 0 aliphatic carbocycles. The molecule has 0 fully saturated rings. The van der Waals surface area contributed by atoms with Crippen molar-refractivity contribution in [1.82, 2.24) is 5.32 Å². The van der Waals surface area contributed by atoms with Crippen molar-refractivity contribution < 1.29 is 9.53 Å². The van der Waals surface area contributed by atoms with Crippen LogP contribution in [0.15, 0.2) is 28.7 Å². The first-order valence-corrected chi connectivity index (χ1v) is 6.62. The van der Waals surface area contributed by atoms with Crippen molar-refractivity contribution in [3.8, 4) is 5.75 Å². The highest BCUT2D eigenvalue weighted by atomic mass is 79.9. The molecule has 0 heterocycles. The van der Waals surface area contributed by atoms with Crippen molar-refractivity contribution in [2.24, 2.45) is 5.73 Å². The molecule has 3 N–H and O–H groups in total. The standard InChI is InChI=1S/C13H19BrN2O2.ClH/c1-13(2,9-15)16-12(17)7-8-18-11-6-4-3-5-10(11)14;/h3-6H,7-9,15H2,1-2H3,(H,16,17);1H. The molecule has 0 saturated heterocycles. The smallest absolute Gasteiger partial charge is 0.223 e. The Kier molecular flexibility index (Phi) is 8.06. The van der Waals surface area contributed by atoms with Crippen LogP contribution in [0.4, 0.5) is 0 Å². The second-order valence-electron chi connectivity index (χ2n) is 4.67. The van der Waals surface area contributed by atoms with Crippen molar-refractivity contribution in [1.29, 1.82) is 0 Å². The molecule has 0 bridgehead atoms. The maximum absolute atomic E-state index is 11.6. The summed E-state index contributed by atoms with van der Waals surface area (Å²) in [5.74, 6) is 0.681. The van der Waals surface area contributed by atoms with Crippen LogP contribution in [0.5, 0.6) is 5.75 Å². The number of rotatable bonds is 6. The number of carbonyl (C=O) groups excluding carboxylic acids is 1. The van der Waals surface area contributed by atoms with Gasteiger partial charge in [0.05, 0.1) is 17.5 Å². The van der Waals surface area contributed by atoms with Crippen molar-refractivity contribution in [2.75, 3.05) is 13.2 Å². The second-order valence-corrected chi connectivity index (χ2v) is 5.52. The number of halogens is 2. The van der Waals surface area contributed by atoms with Crippen LogP contribution < -0.4 is 15.8 Å². The van der Waals surface area contributed by atoms with Crippen molar-refractivity contribution >= 4 is 34.2 Å². The molecule has 1 amide bonds. The molecule has 1 rings (SSSR count). The molecule has 1 aromatic rings. The van der Waals surface area contributed by atoms with E-state index in [0.29, 0.717) is 19.6 Å². The average molecular weight is 352 g/mol. The van der Waals surface area contributed by atoms with Crippen LogP contribution in [0, 0.1) is 0 Å². The fourth-order valence-electron chi connectivity index (χ4n) is 1.31. The molecular formula is C13H20BrClN2O2. The number of hydrogen-bond donors (Lipinski definition) is 2. The van der Waals surface area contributed by atoms with E-state index in [1.165, 1.54) is 0 Å². The molecule has 0 aliphatic heterocycles. The summed E-state index contributed by atoms with van der Waals surface area (Å²) in [5, 5.41) is 2.85. The lowest BCUT2D eigenvalue weighted by atomic mass is 10.1. The van der Waals surface area contributed by atoms with Gasteiger partial charge in [-0.2, -0.15) is 0 Å². The third-order valence-corrected chi connectivity index (χ3v) is 3.07. The number of carbonyl (C=O) groups is 1. The van der Waals surface area contributed by atoms with Gasteiger partial charge in [0.15, 0.2) is 0 Å². The molecule has 108 valence electrons. The Labute approximate surface area is 128 Å². The van der Waals surface area contributed by atoms with Crippen LogP contribution in [-0.2, 0) is 4.79 Å². The zero-order valence-electron chi connectivity index (χ0n) is 11.1. The molecular weight excluding hydrogens is 332 g/mol. The fraction of sp³-hybridized carbons (Fsp3) is 0.462. The number of nitrogens with two attached hydrogens (primary N) is 1. The van der Waals surface area contributed by atoms with E-state index < -0.39 is 0 Å². The predicted octanol–water partition coefficient (Wildman–Crippen LogP) is 2.49. The highest BCUT2D eigenvalue weighted by molar-refractivity contribution is 9.10. The summed E-state index contributed by atoms with van der Waals surface area (Å²) in [7, 11) is 0. The highest BCUT2D eigenvalue weighted by Gasteiger charge is 2.17. The number of amides is 1. The molecule has 4 nitrogen and oxygen atoms in total. The Bertz CT molecular complexity index is 413. The van der Waals surface area contributed by atoms with Crippen LogP contribution in [0.3, 0.4) is 0 Å². The van der Waals surface area contributed by atoms with Gasteiger partial charge in [-0.25, -0.2) is 0 Å². The summed E-state index contributed by atoms with van der Waals surface area (Å²) in [6.07, 6.45) is 0.310. The van der Waals surface area contributed by atoms with Crippen LogP contribution >= 0.6 is 28.3 Å². The van der Waals surface area contributed by atoms with E-state index in [1.807, 2.05) is 38.1 Å². The number of hydrogen-bond acceptors (Lipinski definition) is 3. The molecule has 0 aliphatic rings. The number of nitrogens with one attached hydrogen (secondary N) is 1. The summed E-state index contributed by atoms with van der Waals surface area (Å²) in [4.78, 5) is 11.6. The van der Waals surface area contributed by atoms with E-state index in [4.69, 9.17) is 10.5 Å². The van der Waals surface area contributed by atoms with E-state index >= 15 is 0 Å². The number of ether oxygens (including phenoxy) is 1. The zero-order valence-corrected chi connectivity index (χ0v) is 13.5. The van der Waals surface area contributed by atoms with Gasteiger partial charge in [-0.3, -0.25) is 4.79 Å². The quantitative estimate of drug-likeness (QED) is 0.827. The predicted molar refractivity (Wildman–Crippen MR) is 82.8 cm³/mol. The Hall–Kier alpha value is -0.780. The second kappa shape index (κ2) is 8.40. The molecule has 6 heteroatoms. The van der Waals surface area contributed by atoms with Crippen LogP contribution in [0.25, 0.3) is 0 Å². The van der Waals surface area contributed by atoms with Gasteiger partial charge in [0.1, 0.15) is 5.75 Å². The van der Waals surface area contributed by atoms with Gasteiger partial charge in [-0.1, -0.05) is 12.1 Å². The zero-order chi connectivity index (χ0) is 13.6. The van der Waals surface area contributed by atoms with Gasteiger partial charge in [0.2, 0.25) is 5.91 Å². The molecule has 0 unspecified atom stereocenters. The topological polar surface area (TPSA) is 64.3 Å². The maximum atomic E-state index is 11.6. The minimum Gasteiger partial charge on any atom is -0.492 e. The van der Waals surface area contributed by atoms with Gasteiger partial charge in [0.25, 0.3) is 0 Å². The van der Waals surface area contributed by atoms with Crippen molar-refractivity contribution in [2.45, 2.75) is 25.8 Å². The summed E-state index contributed by atoms with van der Waals surface area (Å²) in [6, 6.07) is 7.55. The van der Waals surface area contributed by atoms with E-state index in [2.05, 4.69) is 21.2 Å². The van der Waals surface area contributed by atoms with E-state index in [-0.39, 0.29) is 23.9 Å². The third kappa shape index (κ3) is 6.80. The average Bonchev–Trinajstić information content (AvgIpc) is 2.31. The lowest BCUT2D eigenvalue weighted by molar-refractivity contribution is -0.123. The lowest BCUT2D eigenvalue weighted by Gasteiger charge is -2.24. The number of benzene rings is 1. The molecule has 0 aromatic heterocycles. The minimum absolute atomic E-state index is 0. The first kappa shape index (κ1) is 18.2. The van der Waals surface area contributed by atoms with E-state index in [1.54, 1.807) is 0 Å². The monoisotopic (exact) mass is 350 g/mol. The molecule has 19 heavy (non-hydrogen) atoms. The third-order valence-electron chi connectivity index (χ3n) is 2.41. The Morgan fingerprint density at radius 1 is 1.42 bits per heavy atom. The normalized spacial score (nSPS) is 10.5. The molecule has 0 spiro atoms. The van der Waals surface area contributed by atoms with Gasteiger partial charge < -0.3 is 15.8 Å². The highest BCUT2D eigenvalue weighted by Crippen LogP contribution is 2.23. The van der Waals surface area contributed by atoms with E-state index in [9.17, 15) is 4.79 Å². The Morgan fingerprint density at radius 3 is 2.63 bits per heavy atom.